The standard InChI is InChI=1S/C28H32F2N8O3/c1-16-14-37(15-22(31)27(16)36(3)17(2)40)25-6-7-32-13-24(25)34-28-33-12-18-4-5-23(35-38(18)28)26-20(29)10-19(11-21(26)30)41-9-8-39/h4-7,10-13,16,22,27,39H,8-9,14-15,31H2,1-3H3,(H,33,34)/t16-,22+,27-/m0/s1. The highest BCUT2D eigenvalue weighted by molar-refractivity contribution is 5.75. The van der Waals surface area contributed by atoms with Gasteiger partial charge in [0.25, 0.3) is 0 Å². The summed E-state index contributed by atoms with van der Waals surface area (Å²) >= 11 is 0. The topological polar surface area (TPSA) is 134 Å². The predicted octanol–water partition coefficient (Wildman–Crippen LogP) is 2.81. The number of nitrogens with two attached hydrogens (primary N) is 1. The van der Waals surface area contributed by atoms with Crippen LogP contribution in [0.4, 0.5) is 26.1 Å². The first-order valence-corrected chi connectivity index (χ1v) is 13.2. The number of aromatic nitrogens is 4. The number of aliphatic hydroxyl groups is 1. The second-order valence-electron chi connectivity index (χ2n) is 10.2. The summed E-state index contributed by atoms with van der Waals surface area (Å²) in [7, 11) is 1.78. The number of halogens is 2. The molecule has 0 spiro atoms. The largest absolute Gasteiger partial charge is 0.491 e. The number of imidazole rings is 1. The zero-order valence-corrected chi connectivity index (χ0v) is 23.0. The lowest BCUT2D eigenvalue weighted by molar-refractivity contribution is -0.131. The molecule has 11 nitrogen and oxygen atoms in total. The Morgan fingerprint density at radius 1 is 1.22 bits per heavy atom. The van der Waals surface area contributed by atoms with Crippen LogP contribution in [0.25, 0.3) is 16.8 Å². The van der Waals surface area contributed by atoms with Gasteiger partial charge >= 0.3 is 0 Å². The summed E-state index contributed by atoms with van der Waals surface area (Å²) in [6.45, 7) is 4.43. The third kappa shape index (κ3) is 5.63. The maximum Gasteiger partial charge on any atom is 0.229 e. The Bertz CT molecular complexity index is 1530. The van der Waals surface area contributed by atoms with Crippen LogP contribution in [0.3, 0.4) is 0 Å². The summed E-state index contributed by atoms with van der Waals surface area (Å²) in [6.07, 6.45) is 4.94. The summed E-state index contributed by atoms with van der Waals surface area (Å²) in [6, 6.07) is 6.80. The number of ether oxygens (including phenoxy) is 1. The van der Waals surface area contributed by atoms with Gasteiger partial charge in [0.05, 0.1) is 53.2 Å². The van der Waals surface area contributed by atoms with Crippen molar-refractivity contribution in [3.8, 4) is 17.0 Å². The molecule has 4 N–H and O–H groups in total. The number of fused-ring (bicyclic) bond motifs is 1. The van der Waals surface area contributed by atoms with Gasteiger partial charge in [-0.05, 0) is 24.1 Å². The molecule has 1 amide bonds. The van der Waals surface area contributed by atoms with E-state index in [1.807, 2.05) is 6.07 Å². The van der Waals surface area contributed by atoms with E-state index in [-0.39, 0.29) is 54.1 Å². The Morgan fingerprint density at radius 3 is 2.66 bits per heavy atom. The zero-order valence-electron chi connectivity index (χ0n) is 23.0. The van der Waals surface area contributed by atoms with E-state index < -0.39 is 11.6 Å². The van der Waals surface area contributed by atoms with Crippen LogP contribution in [0.1, 0.15) is 13.8 Å². The Morgan fingerprint density at radius 2 is 1.98 bits per heavy atom. The fourth-order valence-electron chi connectivity index (χ4n) is 5.41. The van der Waals surface area contributed by atoms with Gasteiger partial charge in [0.2, 0.25) is 11.9 Å². The van der Waals surface area contributed by atoms with Crippen LogP contribution in [0, 0.1) is 17.6 Å². The number of amides is 1. The molecule has 1 aliphatic heterocycles. The summed E-state index contributed by atoms with van der Waals surface area (Å²) in [5, 5.41) is 16.6. The number of carbonyl (C=O) groups is 1. The van der Waals surface area contributed by atoms with Crippen LogP contribution in [-0.2, 0) is 4.79 Å². The van der Waals surface area contributed by atoms with Gasteiger partial charge < -0.3 is 30.7 Å². The van der Waals surface area contributed by atoms with E-state index in [2.05, 4.69) is 32.2 Å². The van der Waals surface area contributed by atoms with Gasteiger partial charge in [-0.1, -0.05) is 6.92 Å². The van der Waals surface area contributed by atoms with Crippen molar-refractivity contribution >= 4 is 28.7 Å². The van der Waals surface area contributed by atoms with Crippen LogP contribution in [0.2, 0.25) is 0 Å². The molecule has 1 aliphatic rings. The van der Waals surface area contributed by atoms with Crippen molar-refractivity contribution in [2.75, 3.05) is 43.6 Å². The van der Waals surface area contributed by atoms with E-state index in [4.69, 9.17) is 15.6 Å². The number of hydrogen-bond acceptors (Lipinski definition) is 9. The quantitative estimate of drug-likeness (QED) is 0.294. The molecular weight excluding hydrogens is 534 g/mol. The van der Waals surface area contributed by atoms with Gasteiger partial charge in [0.1, 0.15) is 24.0 Å². The molecule has 3 aromatic heterocycles. The first-order chi connectivity index (χ1) is 19.7. The minimum absolute atomic E-state index is 0.0270. The first-order valence-electron chi connectivity index (χ1n) is 13.2. The molecule has 1 fully saturated rings. The van der Waals surface area contributed by atoms with E-state index in [9.17, 15) is 13.6 Å². The number of hydrogen-bond donors (Lipinski definition) is 3. The second kappa shape index (κ2) is 11.6. The van der Waals surface area contributed by atoms with Crippen LogP contribution in [-0.4, -0.2) is 80.9 Å². The van der Waals surface area contributed by atoms with Crippen molar-refractivity contribution in [2.45, 2.75) is 25.9 Å². The second-order valence-corrected chi connectivity index (χ2v) is 10.2. The first kappa shape index (κ1) is 28.2. The van der Waals surface area contributed by atoms with E-state index in [1.54, 1.807) is 36.6 Å². The van der Waals surface area contributed by atoms with Crippen molar-refractivity contribution in [1.29, 1.82) is 0 Å². The smallest absolute Gasteiger partial charge is 0.229 e. The molecule has 0 saturated carbocycles. The third-order valence-electron chi connectivity index (χ3n) is 7.31. The molecule has 4 aromatic rings. The van der Waals surface area contributed by atoms with Crippen molar-refractivity contribution in [3.05, 3.63) is 60.6 Å². The average Bonchev–Trinajstić information content (AvgIpc) is 3.33. The van der Waals surface area contributed by atoms with Gasteiger partial charge in [0.15, 0.2) is 0 Å². The SMILES string of the molecule is CC(=O)N(C)[C@@H]1[C@H](N)CN(c2ccncc2Nc2ncc3ccc(-c4c(F)cc(OCCO)cc4F)nn23)C[C@@H]1C. The maximum absolute atomic E-state index is 14.9. The van der Waals surface area contributed by atoms with Crippen LogP contribution in [0.5, 0.6) is 5.75 Å². The van der Waals surface area contributed by atoms with Gasteiger partial charge in [-0.3, -0.25) is 9.78 Å². The number of carbonyl (C=O) groups excluding carboxylic acids is 1. The number of pyridine rings is 1. The normalized spacial score (nSPS) is 18.9. The van der Waals surface area contributed by atoms with Crippen molar-refractivity contribution in [2.24, 2.45) is 11.7 Å². The Balaban J connectivity index is 1.43. The van der Waals surface area contributed by atoms with Crippen LogP contribution < -0.4 is 20.7 Å². The number of nitrogens with one attached hydrogen (secondary N) is 1. The van der Waals surface area contributed by atoms with Crippen molar-refractivity contribution in [1.82, 2.24) is 24.5 Å². The number of nitrogens with zero attached hydrogens (tertiary/aromatic N) is 6. The molecule has 41 heavy (non-hydrogen) atoms. The monoisotopic (exact) mass is 566 g/mol. The Labute approximate surface area is 235 Å². The predicted molar refractivity (Wildman–Crippen MR) is 150 cm³/mol. The van der Waals surface area contributed by atoms with E-state index in [0.29, 0.717) is 30.2 Å². The number of likely N-dealkylation sites (N-methyl/N-ethyl adjacent to an activating group) is 1. The molecular formula is C28H32F2N8O3. The number of rotatable bonds is 8. The van der Waals surface area contributed by atoms with Gasteiger partial charge in [0, 0.05) is 51.4 Å². The van der Waals surface area contributed by atoms with E-state index >= 15 is 0 Å². The minimum Gasteiger partial charge on any atom is -0.491 e. The number of anilines is 3. The average molecular weight is 567 g/mol. The van der Waals surface area contributed by atoms with Crippen molar-refractivity contribution in [3.63, 3.8) is 0 Å². The Kier molecular flexibility index (Phi) is 7.99. The molecule has 1 aromatic carbocycles. The fraction of sp³-hybridized carbons (Fsp3) is 0.357. The summed E-state index contributed by atoms with van der Waals surface area (Å²) in [5.41, 5.74) is 8.39. The number of aliphatic hydroxyl groups excluding tert-OH is 1. The third-order valence-corrected chi connectivity index (χ3v) is 7.31. The van der Waals surface area contributed by atoms with E-state index in [1.165, 1.54) is 17.5 Å². The molecule has 1 saturated heterocycles. The maximum atomic E-state index is 14.9. The van der Waals surface area contributed by atoms with Gasteiger partial charge in [-0.25, -0.2) is 13.8 Å². The molecule has 13 heteroatoms. The lowest BCUT2D eigenvalue weighted by atomic mass is 9.88. The Hall–Kier alpha value is -4.36. The minimum atomic E-state index is -0.849. The highest BCUT2D eigenvalue weighted by Crippen LogP contribution is 2.33. The molecule has 5 rings (SSSR count). The molecule has 4 heterocycles. The molecule has 0 radical (unpaired) electrons. The van der Waals surface area contributed by atoms with Gasteiger partial charge in [-0.15, -0.1) is 0 Å². The molecule has 216 valence electrons. The molecule has 3 atom stereocenters. The lowest BCUT2D eigenvalue weighted by Gasteiger charge is -2.46. The van der Waals surface area contributed by atoms with E-state index in [0.717, 1.165) is 17.8 Å². The molecule has 0 bridgehead atoms. The van der Waals surface area contributed by atoms with Gasteiger partial charge in [-0.2, -0.15) is 9.61 Å². The highest BCUT2D eigenvalue weighted by atomic mass is 19.1. The summed E-state index contributed by atoms with van der Waals surface area (Å²) in [4.78, 5) is 24.5. The van der Waals surface area contributed by atoms with Crippen molar-refractivity contribution < 1.29 is 23.4 Å². The summed E-state index contributed by atoms with van der Waals surface area (Å²) < 4.78 is 36.5. The summed E-state index contributed by atoms with van der Waals surface area (Å²) in [5.74, 6) is -1.32. The van der Waals surface area contributed by atoms with Crippen LogP contribution >= 0.6 is 0 Å². The fourth-order valence-corrected chi connectivity index (χ4v) is 5.41. The van der Waals surface area contributed by atoms with Crippen LogP contribution in [0.15, 0.2) is 48.9 Å². The number of piperidine rings is 1. The molecule has 0 aliphatic carbocycles. The zero-order chi connectivity index (χ0) is 29.3. The molecule has 0 unspecified atom stereocenters. The number of benzene rings is 1. The highest BCUT2D eigenvalue weighted by Gasteiger charge is 2.36. The lowest BCUT2D eigenvalue weighted by Crippen LogP contribution is -2.62.